The Kier molecular flexibility index (Phi) is 52.8. The van der Waals surface area contributed by atoms with Crippen molar-refractivity contribution >= 4 is 19.7 Å². The number of phosphoric acid groups is 1. The van der Waals surface area contributed by atoms with Gasteiger partial charge >= 0.3 is 13.8 Å². The first kappa shape index (κ1) is 72.0. The Labute approximate surface area is 458 Å². The molecular formula is C64H122N2O7P+. The Hall–Kier alpha value is -2.03. The third-order valence-corrected chi connectivity index (χ3v) is 15.0. The number of quaternary nitrogens is 1. The van der Waals surface area contributed by atoms with Crippen LogP contribution in [0, 0.1) is 0 Å². The second-order valence-corrected chi connectivity index (χ2v) is 24.0. The second kappa shape index (κ2) is 54.3. The summed E-state index contributed by atoms with van der Waals surface area (Å²) >= 11 is 0. The lowest BCUT2D eigenvalue weighted by Crippen LogP contribution is -2.47. The highest BCUT2D eigenvalue weighted by atomic mass is 31.2. The van der Waals surface area contributed by atoms with E-state index in [-0.39, 0.29) is 25.1 Å². The summed E-state index contributed by atoms with van der Waals surface area (Å²) in [5.41, 5.74) is 0. The lowest BCUT2D eigenvalue weighted by molar-refractivity contribution is -0.870. The second-order valence-electron chi connectivity index (χ2n) is 22.6. The van der Waals surface area contributed by atoms with Gasteiger partial charge in [-0.2, -0.15) is 0 Å². The minimum absolute atomic E-state index is 0.0395. The van der Waals surface area contributed by atoms with Crippen LogP contribution in [0.25, 0.3) is 0 Å². The van der Waals surface area contributed by atoms with Crippen LogP contribution in [0.4, 0.5) is 0 Å². The summed E-state index contributed by atoms with van der Waals surface area (Å²) in [5.74, 6) is -0.508. The summed E-state index contributed by atoms with van der Waals surface area (Å²) in [6.45, 7) is 6.96. The van der Waals surface area contributed by atoms with Crippen molar-refractivity contribution in [2.24, 2.45) is 0 Å². The molecule has 0 aliphatic heterocycles. The quantitative estimate of drug-likeness (QED) is 0.0205. The molecule has 0 heterocycles. The van der Waals surface area contributed by atoms with Crippen molar-refractivity contribution in [3.05, 3.63) is 48.6 Å². The van der Waals surface area contributed by atoms with Crippen LogP contribution < -0.4 is 5.32 Å². The highest BCUT2D eigenvalue weighted by molar-refractivity contribution is 7.47. The Morgan fingerprint density at radius 3 is 1.30 bits per heavy atom. The van der Waals surface area contributed by atoms with E-state index in [1.54, 1.807) is 0 Å². The van der Waals surface area contributed by atoms with Crippen molar-refractivity contribution in [1.82, 2.24) is 5.32 Å². The molecule has 0 spiro atoms. The summed E-state index contributed by atoms with van der Waals surface area (Å²) in [7, 11) is 1.50. The molecule has 0 aromatic heterocycles. The minimum atomic E-state index is -4.44. The normalized spacial score (nSPS) is 14.0. The maximum Gasteiger partial charge on any atom is 0.472 e. The van der Waals surface area contributed by atoms with E-state index in [4.69, 9.17) is 13.8 Å². The maximum absolute atomic E-state index is 13.5. The molecule has 74 heavy (non-hydrogen) atoms. The molecule has 0 bridgehead atoms. The van der Waals surface area contributed by atoms with E-state index in [1.165, 1.54) is 173 Å². The number of rotatable bonds is 57. The van der Waals surface area contributed by atoms with Crippen molar-refractivity contribution < 1.29 is 37.3 Å². The monoisotopic (exact) mass is 1060 g/mol. The number of amides is 1. The van der Waals surface area contributed by atoms with Crippen molar-refractivity contribution in [2.75, 3.05) is 40.9 Å². The van der Waals surface area contributed by atoms with Crippen molar-refractivity contribution in [2.45, 2.75) is 309 Å². The van der Waals surface area contributed by atoms with Gasteiger partial charge in [0.2, 0.25) is 5.91 Å². The number of carbonyl (C=O) groups excluding carboxylic acids is 2. The number of hydrogen-bond donors (Lipinski definition) is 2. The number of carbonyl (C=O) groups is 2. The number of likely N-dealkylation sites (N-methyl/N-ethyl adjacent to an activating group) is 1. The van der Waals surface area contributed by atoms with Gasteiger partial charge in [0, 0.05) is 12.8 Å². The van der Waals surface area contributed by atoms with Crippen LogP contribution in [0.1, 0.15) is 297 Å². The zero-order chi connectivity index (χ0) is 54.3. The van der Waals surface area contributed by atoms with Gasteiger partial charge in [-0.05, 0) is 83.1 Å². The van der Waals surface area contributed by atoms with Gasteiger partial charge in [-0.1, -0.05) is 250 Å². The minimum Gasteiger partial charge on any atom is -0.456 e. The molecule has 9 nitrogen and oxygen atoms in total. The van der Waals surface area contributed by atoms with Crippen LogP contribution in [-0.2, 0) is 27.9 Å². The molecule has 2 N–H and O–H groups in total. The lowest BCUT2D eigenvalue weighted by atomic mass is 10.0. The average molecular weight is 1060 g/mol. The lowest BCUT2D eigenvalue weighted by Gasteiger charge is -2.27. The highest BCUT2D eigenvalue weighted by Crippen LogP contribution is 2.43. The van der Waals surface area contributed by atoms with Gasteiger partial charge in [-0.25, -0.2) is 4.57 Å². The number of unbranched alkanes of at least 4 members (excludes halogenated alkanes) is 35. The Morgan fingerprint density at radius 2 is 0.838 bits per heavy atom. The molecule has 0 saturated carbocycles. The first-order valence-electron chi connectivity index (χ1n) is 31.5. The fraction of sp³-hybridized carbons (Fsp3) is 0.844. The molecule has 3 unspecified atom stereocenters. The van der Waals surface area contributed by atoms with E-state index in [0.717, 1.165) is 89.9 Å². The van der Waals surface area contributed by atoms with Gasteiger partial charge in [-0.15, -0.1) is 0 Å². The van der Waals surface area contributed by atoms with Gasteiger partial charge in [-0.3, -0.25) is 18.6 Å². The summed E-state index contributed by atoms with van der Waals surface area (Å²) in [5, 5.41) is 3.04. The smallest absolute Gasteiger partial charge is 0.456 e. The van der Waals surface area contributed by atoms with E-state index < -0.39 is 20.0 Å². The Morgan fingerprint density at radius 1 is 0.473 bits per heavy atom. The molecule has 0 aliphatic carbocycles. The molecule has 3 atom stereocenters. The fourth-order valence-corrected chi connectivity index (χ4v) is 9.81. The topological polar surface area (TPSA) is 111 Å². The van der Waals surface area contributed by atoms with Gasteiger partial charge in [0.1, 0.15) is 19.3 Å². The summed E-state index contributed by atoms with van der Waals surface area (Å²) < 4.78 is 30.6. The van der Waals surface area contributed by atoms with E-state index in [2.05, 4.69) is 62.5 Å². The number of nitrogens with one attached hydrogen (secondary N) is 1. The largest absolute Gasteiger partial charge is 0.472 e. The van der Waals surface area contributed by atoms with Crippen molar-refractivity contribution in [3.63, 3.8) is 0 Å². The van der Waals surface area contributed by atoms with E-state index >= 15 is 0 Å². The fourth-order valence-electron chi connectivity index (χ4n) is 9.07. The van der Waals surface area contributed by atoms with Crippen molar-refractivity contribution in [3.8, 4) is 0 Å². The first-order chi connectivity index (χ1) is 35.9. The van der Waals surface area contributed by atoms with E-state index in [1.807, 2.05) is 33.3 Å². The summed E-state index contributed by atoms with van der Waals surface area (Å²) in [6.07, 6.45) is 66.9. The van der Waals surface area contributed by atoms with Crippen LogP contribution in [0.15, 0.2) is 48.6 Å². The van der Waals surface area contributed by atoms with Crippen molar-refractivity contribution in [1.29, 1.82) is 0 Å². The molecule has 0 rings (SSSR count). The maximum atomic E-state index is 13.5. The average Bonchev–Trinajstić information content (AvgIpc) is 3.36. The molecule has 0 fully saturated rings. The van der Waals surface area contributed by atoms with Crippen LogP contribution in [-0.4, -0.2) is 74.3 Å². The zero-order valence-corrected chi connectivity index (χ0v) is 50.5. The standard InChI is InChI=1S/C64H121N2O7P/c1-7-10-13-16-19-22-25-27-28-29-30-31-32-33-34-35-36-37-38-39-42-45-48-51-54-57-64(68)73-62(55-52-49-46-43-41-26-23-20-17-14-11-8-2)61(60-72-74(69,70)71-59-58-66(4,5)6)65-63(67)56-53-50-47-44-40-24-21-18-15-12-9-3/h18-19,21-22,27-28,52,55,61-62H,7-17,20,23-26,29-51,53-54,56-60H2,1-6H3,(H-,65,67,69,70)/p+1/b21-18-,22-19-,28-27-,55-52-. The number of nitrogens with zero attached hydrogens (tertiary/aromatic N) is 1. The highest BCUT2D eigenvalue weighted by Gasteiger charge is 2.30. The SMILES string of the molecule is CCCC/C=C\CCCCCCCC(=O)NC(COP(=O)(O)OCC[N+](C)(C)C)C(/C=C\CCCCCCCCCCCC)OC(=O)CCCCCCCCCCCCCCCCC/C=C\C/C=C\CCCCC. The van der Waals surface area contributed by atoms with Crippen LogP contribution in [0.2, 0.25) is 0 Å². The van der Waals surface area contributed by atoms with Gasteiger partial charge in [0.15, 0.2) is 0 Å². The zero-order valence-electron chi connectivity index (χ0n) is 49.6. The summed E-state index contributed by atoms with van der Waals surface area (Å²) in [6, 6.07) is -0.849. The molecule has 434 valence electrons. The number of hydrogen-bond acceptors (Lipinski definition) is 6. The third-order valence-electron chi connectivity index (χ3n) is 14.0. The van der Waals surface area contributed by atoms with Gasteiger partial charge < -0.3 is 19.4 Å². The number of allylic oxidation sites excluding steroid dienone is 7. The number of phosphoric ester groups is 1. The van der Waals surface area contributed by atoms with E-state index in [0.29, 0.717) is 23.9 Å². The van der Waals surface area contributed by atoms with Gasteiger partial charge in [0.05, 0.1) is 33.8 Å². The predicted octanol–water partition coefficient (Wildman–Crippen LogP) is 19.3. The Bertz CT molecular complexity index is 1410. The van der Waals surface area contributed by atoms with Gasteiger partial charge in [0.25, 0.3) is 0 Å². The third kappa shape index (κ3) is 54.7. The Balaban J connectivity index is 5.04. The molecule has 10 heteroatoms. The summed E-state index contributed by atoms with van der Waals surface area (Å²) in [4.78, 5) is 37.6. The van der Waals surface area contributed by atoms with Crippen LogP contribution in [0.5, 0.6) is 0 Å². The van der Waals surface area contributed by atoms with Crippen LogP contribution in [0.3, 0.4) is 0 Å². The molecule has 1 amide bonds. The first-order valence-corrected chi connectivity index (χ1v) is 33.0. The molecule has 0 aliphatic rings. The predicted molar refractivity (Wildman–Crippen MR) is 319 cm³/mol. The molecule has 0 aromatic rings. The number of ether oxygens (including phenoxy) is 1. The molecule has 0 aromatic carbocycles. The molecule has 0 saturated heterocycles. The van der Waals surface area contributed by atoms with Crippen LogP contribution >= 0.6 is 7.82 Å². The number of esters is 1. The van der Waals surface area contributed by atoms with E-state index in [9.17, 15) is 19.0 Å². The molecule has 0 radical (unpaired) electrons. The molecular weight excluding hydrogens is 940 g/mol.